The van der Waals surface area contributed by atoms with Crippen LogP contribution in [0.3, 0.4) is 0 Å². The fourth-order valence-corrected chi connectivity index (χ4v) is 5.62. The van der Waals surface area contributed by atoms with Crippen molar-refractivity contribution < 1.29 is 14.3 Å². The predicted molar refractivity (Wildman–Crippen MR) is 119 cm³/mol. The van der Waals surface area contributed by atoms with E-state index in [9.17, 15) is 9.59 Å². The summed E-state index contributed by atoms with van der Waals surface area (Å²) in [6.45, 7) is 1.86. The van der Waals surface area contributed by atoms with Crippen LogP contribution in [-0.4, -0.2) is 53.9 Å². The molecule has 5 nitrogen and oxygen atoms in total. The van der Waals surface area contributed by atoms with E-state index in [1.54, 1.807) is 4.90 Å². The van der Waals surface area contributed by atoms with E-state index in [4.69, 9.17) is 4.74 Å². The molecule has 1 saturated carbocycles. The fourth-order valence-electron chi connectivity index (χ4n) is 5.62. The van der Waals surface area contributed by atoms with Crippen LogP contribution in [0.25, 0.3) is 0 Å². The largest absolute Gasteiger partial charge is 0.484 e. The molecule has 5 rings (SSSR count). The van der Waals surface area contributed by atoms with Crippen molar-refractivity contribution in [1.29, 1.82) is 0 Å². The summed E-state index contributed by atoms with van der Waals surface area (Å²) in [5, 5.41) is 0. The van der Waals surface area contributed by atoms with Crippen molar-refractivity contribution in [3.8, 4) is 5.75 Å². The molecule has 0 unspecified atom stereocenters. The third kappa shape index (κ3) is 4.06. The molecular weight excluding hydrogens is 388 g/mol. The highest BCUT2D eigenvalue weighted by molar-refractivity contribution is 5.89. The van der Waals surface area contributed by atoms with Crippen LogP contribution in [0.5, 0.6) is 5.75 Å². The van der Waals surface area contributed by atoms with Gasteiger partial charge in [-0.05, 0) is 49.3 Å². The van der Waals surface area contributed by atoms with E-state index < -0.39 is 5.41 Å². The Kier molecular flexibility index (Phi) is 5.43. The maximum absolute atomic E-state index is 13.8. The van der Waals surface area contributed by atoms with E-state index in [0.29, 0.717) is 37.2 Å². The Morgan fingerprint density at radius 2 is 1.68 bits per heavy atom. The lowest BCUT2D eigenvalue weighted by atomic mass is 9.73. The number of para-hydroxylation sites is 1. The number of nitrogens with zero attached hydrogens (tertiary/aromatic N) is 2. The minimum atomic E-state index is -0.513. The lowest BCUT2D eigenvalue weighted by Gasteiger charge is -2.51. The van der Waals surface area contributed by atoms with Crippen LogP contribution in [0.4, 0.5) is 0 Å². The van der Waals surface area contributed by atoms with E-state index in [1.807, 2.05) is 48.5 Å². The Bertz CT molecular complexity index is 924. The summed E-state index contributed by atoms with van der Waals surface area (Å²) in [6.07, 6.45) is 5.43. The molecular formula is C26H30N2O3. The van der Waals surface area contributed by atoms with Crippen molar-refractivity contribution in [1.82, 2.24) is 9.80 Å². The number of ether oxygens (including phenoxy) is 1. The first kappa shape index (κ1) is 20.1. The van der Waals surface area contributed by atoms with Gasteiger partial charge < -0.3 is 14.5 Å². The molecule has 3 fully saturated rings. The Hall–Kier alpha value is -2.82. The smallest absolute Gasteiger partial charge is 0.260 e. The molecule has 2 heterocycles. The Labute approximate surface area is 184 Å². The van der Waals surface area contributed by atoms with Gasteiger partial charge in [0.05, 0.1) is 5.41 Å². The average molecular weight is 419 g/mol. The molecule has 3 aliphatic rings. The molecule has 2 saturated heterocycles. The maximum atomic E-state index is 13.8. The van der Waals surface area contributed by atoms with Gasteiger partial charge in [-0.1, -0.05) is 55.0 Å². The highest BCUT2D eigenvalue weighted by Crippen LogP contribution is 2.42. The molecule has 0 spiro atoms. The molecule has 0 aromatic heterocycles. The van der Waals surface area contributed by atoms with E-state index in [-0.39, 0.29) is 18.4 Å². The second-order valence-electron chi connectivity index (χ2n) is 9.44. The SMILES string of the molecule is O=C(COc1ccccc1)N1CC(Cc2ccccc2)(C(=O)N2C[C@@H]3CCC[C@H]2C3)C1. The van der Waals surface area contributed by atoms with Crippen LogP contribution in [0.2, 0.25) is 0 Å². The molecule has 2 aliphatic heterocycles. The van der Waals surface area contributed by atoms with Gasteiger partial charge in [0.2, 0.25) is 5.91 Å². The van der Waals surface area contributed by atoms with E-state index in [1.165, 1.54) is 12.8 Å². The van der Waals surface area contributed by atoms with Crippen molar-refractivity contribution in [3.63, 3.8) is 0 Å². The van der Waals surface area contributed by atoms with E-state index >= 15 is 0 Å². The summed E-state index contributed by atoms with van der Waals surface area (Å²) in [6, 6.07) is 20.0. The predicted octanol–water partition coefficient (Wildman–Crippen LogP) is 3.54. The minimum Gasteiger partial charge on any atom is -0.484 e. The van der Waals surface area contributed by atoms with Crippen molar-refractivity contribution in [2.75, 3.05) is 26.2 Å². The molecule has 2 bridgehead atoms. The van der Waals surface area contributed by atoms with Crippen LogP contribution in [0.15, 0.2) is 60.7 Å². The monoisotopic (exact) mass is 418 g/mol. The Balaban J connectivity index is 1.28. The van der Waals surface area contributed by atoms with Gasteiger partial charge in [0.1, 0.15) is 5.75 Å². The maximum Gasteiger partial charge on any atom is 0.260 e. The number of hydrogen-bond acceptors (Lipinski definition) is 3. The van der Waals surface area contributed by atoms with Gasteiger partial charge in [0, 0.05) is 25.7 Å². The van der Waals surface area contributed by atoms with Crippen LogP contribution in [0.1, 0.15) is 31.2 Å². The fraction of sp³-hybridized carbons (Fsp3) is 0.462. The number of carbonyl (C=O) groups excluding carboxylic acids is 2. The first-order valence-corrected chi connectivity index (χ1v) is 11.4. The molecule has 162 valence electrons. The van der Waals surface area contributed by atoms with E-state index in [0.717, 1.165) is 24.9 Å². The quantitative estimate of drug-likeness (QED) is 0.721. The summed E-state index contributed by atoms with van der Waals surface area (Å²) in [7, 11) is 0. The first-order chi connectivity index (χ1) is 15.1. The zero-order valence-electron chi connectivity index (χ0n) is 17.9. The molecule has 2 aromatic rings. The molecule has 2 amide bonds. The second kappa shape index (κ2) is 8.37. The molecule has 5 heteroatoms. The number of amides is 2. The van der Waals surface area contributed by atoms with Gasteiger partial charge in [-0.25, -0.2) is 0 Å². The molecule has 0 radical (unpaired) electrons. The zero-order chi connectivity index (χ0) is 21.3. The molecule has 2 atom stereocenters. The van der Waals surface area contributed by atoms with Crippen molar-refractivity contribution in [2.45, 2.75) is 38.1 Å². The minimum absolute atomic E-state index is 0.00797. The van der Waals surface area contributed by atoms with E-state index in [2.05, 4.69) is 17.0 Å². The van der Waals surface area contributed by atoms with Crippen LogP contribution in [-0.2, 0) is 16.0 Å². The summed E-state index contributed by atoms with van der Waals surface area (Å²) < 4.78 is 5.64. The van der Waals surface area contributed by atoms with Gasteiger partial charge in [0.25, 0.3) is 5.91 Å². The number of benzene rings is 2. The standard InChI is InChI=1S/C26H30N2O3/c29-24(17-31-23-12-5-2-6-13-23)27-18-26(19-27,15-20-8-3-1-4-9-20)25(30)28-16-21-10-7-11-22(28)14-21/h1-6,8-9,12-13,21-22H,7,10-11,14-19H2/t21-,22+/m1/s1. The van der Waals surface area contributed by atoms with Crippen molar-refractivity contribution in [2.24, 2.45) is 11.3 Å². The summed E-state index contributed by atoms with van der Waals surface area (Å²) >= 11 is 0. The van der Waals surface area contributed by atoms with Gasteiger partial charge in [0.15, 0.2) is 6.61 Å². The number of hydrogen-bond donors (Lipinski definition) is 0. The second-order valence-corrected chi connectivity index (χ2v) is 9.44. The first-order valence-electron chi connectivity index (χ1n) is 11.4. The molecule has 2 aromatic carbocycles. The zero-order valence-corrected chi connectivity index (χ0v) is 17.9. The third-order valence-electron chi connectivity index (χ3n) is 7.20. The van der Waals surface area contributed by atoms with Crippen molar-refractivity contribution in [3.05, 3.63) is 66.2 Å². The highest BCUT2D eigenvalue weighted by Gasteiger charge is 2.54. The normalized spacial score (nSPS) is 23.9. The third-order valence-corrected chi connectivity index (χ3v) is 7.20. The highest BCUT2D eigenvalue weighted by atomic mass is 16.5. The van der Waals surface area contributed by atoms with Crippen LogP contribution >= 0.6 is 0 Å². The topological polar surface area (TPSA) is 49.9 Å². The summed E-state index contributed by atoms with van der Waals surface area (Å²) in [5.41, 5.74) is 0.645. The van der Waals surface area contributed by atoms with Gasteiger partial charge >= 0.3 is 0 Å². The van der Waals surface area contributed by atoms with Gasteiger partial charge in [-0.2, -0.15) is 0 Å². The number of fused-ring (bicyclic) bond motifs is 2. The number of rotatable bonds is 6. The van der Waals surface area contributed by atoms with Crippen LogP contribution < -0.4 is 4.74 Å². The number of carbonyl (C=O) groups is 2. The molecule has 1 aliphatic carbocycles. The van der Waals surface area contributed by atoms with Crippen molar-refractivity contribution >= 4 is 11.8 Å². The average Bonchev–Trinajstić information content (AvgIpc) is 3.08. The summed E-state index contributed by atoms with van der Waals surface area (Å²) in [4.78, 5) is 30.5. The lowest BCUT2D eigenvalue weighted by molar-refractivity contribution is -0.162. The number of likely N-dealkylation sites (tertiary alicyclic amines) is 2. The summed E-state index contributed by atoms with van der Waals surface area (Å²) in [5.74, 6) is 1.54. The molecule has 31 heavy (non-hydrogen) atoms. The Morgan fingerprint density at radius 1 is 0.968 bits per heavy atom. The lowest BCUT2D eigenvalue weighted by Crippen LogP contribution is -2.67. The van der Waals surface area contributed by atoms with Gasteiger partial charge in [-0.15, -0.1) is 0 Å². The Morgan fingerprint density at radius 3 is 2.39 bits per heavy atom. The van der Waals surface area contributed by atoms with Crippen LogP contribution in [0, 0.1) is 11.3 Å². The molecule has 0 N–H and O–H groups in total. The van der Waals surface area contributed by atoms with Gasteiger partial charge in [-0.3, -0.25) is 9.59 Å².